The van der Waals surface area contributed by atoms with E-state index in [1.165, 1.54) is 22.3 Å². The van der Waals surface area contributed by atoms with Crippen LogP contribution < -0.4 is 9.05 Å². The van der Waals surface area contributed by atoms with E-state index in [0.717, 1.165) is 29.0 Å². The summed E-state index contributed by atoms with van der Waals surface area (Å²) in [6.45, 7) is 8.37. The standard InChI is InChI=1S/C18H21O3P/c1-11-6-13(3)17-15(8-11)10-16-9-12(2)7-14(4)18(16)21-22(19-5)20-17/h6-9H,10H2,1-5H3. The Kier molecular flexibility index (Phi) is 4.12. The van der Waals surface area contributed by atoms with Crippen LogP contribution in [-0.4, -0.2) is 7.11 Å². The molecule has 3 rings (SSSR count). The highest BCUT2D eigenvalue weighted by Gasteiger charge is 2.25. The normalized spacial score (nSPS) is 14.2. The van der Waals surface area contributed by atoms with Gasteiger partial charge in [-0.25, -0.2) is 0 Å². The Labute approximate surface area is 133 Å². The van der Waals surface area contributed by atoms with Crippen LogP contribution in [-0.2, 0) is 10.9 Å². The zero-order valence-corrected chi connectivity index (χ0v) is 14.6. The number of rotatable bonds is 1. The van der Waals surface area contributed by atoms with Gasteiger partial charge in [-0.1, -0.05) is 35.4 Å². The van der Waals surface area contributed by atoms with Crippen LogP contribution in [0, 0.1) is 27.7 Å². The van der Waals surface area contributed by atoms with Gasteiger partial charge in [0.25, 0.3) is 0 Å². The molecule has 116 valence electrons. The second-order valence-corrected chi connectivity index (χ2v) is 7.08. The van der Waals surface area contributed by atoms with Gasteiger partial charge in [0.15, 0.2) is 0 Å². The summed E-state index contributed by atoms with van der Waals surface area (Å²) >= 11 is 0. The fourth-order valence-corrected chi connectivity index (χ4v) is 4.06. The number of benzene rings is 2. The minimum absolute atomic E-state index is 0.808. The Morgan fingerprint density at radius 1 is 0.818 bits per heavy atom. The second-order valence-electron chi connectivity index (χ2n) is 5.91. The van der Waals surface area contributed by atoms with Crippen LogP contribution in [0.1, 0.15) is 33.4 Å². The number of hydrogen-bond donors (Lipinski definition) is 0. The molecule has 4 heteroatoms. The molecule has 0 unspecified atom stereocenters. The van der Waals surface area contributed by atoms with Gasteiger partial charge in [-0.05, 0) is 49.9 Å². The van der Waals surface area contributed by atoms with Crippen LogP contribution in [0.5, 0.6) is 11.5 Å². The van der Waals surface area contributed by atoms with E-state index < -0.39 is 8.60 Å². The summed E-state index contributed by atoms with van der Waals surface area (Å²) in [5.74, 6) is 1.78. The first kappa shape index (κ1) is 15.3. The lowest BCUT2D eigenvalue weighted by Gasteiger charge is -2.25. The molecule has 2 aromatic rings. The highest BCUT2D eigenvalue weighted by Crippen LogP contribution is 2.48. The summed E-state index contributed by atoms with van der Waals surface area (Å²) in [6, 6.07) is 8.65. The zero-order chi connectivity index (χ0) is 15.9. The predicted octanol–water partition coefficient (Wildman–Crippen LogP) is 5.16. The monoisotopic (exact) mass is 316 g/mol. The molecule has 0 radical (unpaired) electrons. The maximum absolute atomic E-state index is 6.03. The molecular formula is C18H21O3P. The maximum atomic E-state index is 6.03. The molecule has 0 atom stereocenters. The summed E-state index contributed by atoms with van der Waals surface area (Å²) in [5.41, 5.74) is 7.11. The van der Waals surface area contributed by atoms with Gasteiger partial charge < -0.3 is 9.05 Å². The molecule has 0 N–H and O–H groups in total. The van der Waals surface area contributed by atoms with Crippen LogP contribution in [0.4, 0.5) is 0 Å². The zero-order valence-electron chi connectivity index (χ0n) is 13.7. The maximum Gasteiger partial charge on any atom is 0.462 e. The van der Waals surface area contributed by atoms with E-state index in [-0.39, 0.29) is 0 Å². The Hall–Kier alpha value is -1.57. The number of aryl methyl sites for hydroxylation is 4. The van der Waals surface area contributed by atoms with E-state index in [4.69, 9.17) is 13.6 Å². The largest absolute Gasteiger partial charge is 0.462 e. The van der Waals surface area contributed by atoms with Crippen molar-refractivity contribution in [1.29, 1.82) is 0 Å². The van der Waals surface area contributed by atoms with E-state index in [0.29, 0.717) is 0 Å². The molecule has 3 nitrogen and oxygen atoms in total. The van der Waals surface area contributed by atoms with Crippen molar-refractivity contribution in [3.8, 4) is 11.5 Å². The van der Waals surface area contributed by atoms with Gasteiger partial charge >= 0.3 is 8.60 Å². The SMILES string of the molecule is COP1Oc2c(C)cc(C)cc2Cc2cc(C)cc(C)c2O1. The number of hydrogen-bond acceptors (Lipinski definition) is 3. The highest BCUT2D eigenvalue weighted by atomic mass is 31.2. The molecule has 0 fully saturated rings. The first-order valence-corrected chi connectivity index (χ1v) is 8.48. The fourth-order valence-electron chi connectivity index (χ4n) is 3.06. The lowest BCUT2D eigenvalue weighted by Crippen LogP contribution is -2.08. The van der Waals surface area contributed by atoms with Gasteiger partial charge in [0.2, 0.25) is 0 Å². The van der Waals surface area contributed by atoms with E-state index in [2.05, 4.69) is 52.0 Å². The minimum atomic E-state index is -1.44. The summed E-state index contributed by atoms with van der Waals surface area (Å²) < 4.78 is 17.5. The Bertz CT molecular complexity index is 665. The topological polar surface area (TPSA) is 27.7 Å². The lowest BCUT2D eigenvalue weighted by molar-refractivity contribution is 0.318. The molecule has 22 heavy (non-hydrogen) atoms. The van der Waals surface area contributed by atoms with Crippen molar-refractivity contribution in [2.24, 2.45) is 0 Å². The van der Waals surface area contributed by atoms with Gasteiger partial charge in [0.05, 0.1) is 0 Å². The average Bonchev–Trinajstić information content (AvgIpc) is 2.41. The predicted molar refractivity (Wildman–Crippen MR) is 89.8 cm³/mol. The summed E-state index contributed by atoms with van der Waals surface area (Å²) in [5, 5.41) is 0. The average molecular weight is 316 g/mol. The van der Waals surface area contributed by atoms with Gasteiger partial charge in [0.1, 0.15) is 11.5 Å². The van der Waals surface area contributed by atoms with E-state index in [1.54, 1.807) is 7.11 Å². The van der Waals surface area contributed by atoms with Crippen molar-refractivity contribution in [2.75, 3.05) is 7.11 Å². The van der Waals surface area contributed by atoms with Gasteiger partial charge in [-0.2, -0.15) is 0 Å². The van der Waals surface area contributed by atoms with E-state index in [9.17, 15) is 0 Å². The highest BCUT2D eigenvalue weighted by molar-refractivity contribution is 7.42. The molecule has 1 heterocycles. The van der Waals surface area contributed by atoms with Crippen LogP contribution in [0.3, 0.4) is 0 Å². The van der Waals surface area contributed by atoms with Gasteiger partial charge in [-0.15, -0.1) is 0 Å². The molecule has 0 spiro atoms. The van der Waals surface area contributed by atoms with Crippen molar-refractivity contribution in [3.63, 3.8) is 0 Å². The van der Waals surface area contributed by atoms with E-state index in [1.807, 2.05) is 0 Å². The molecule has 2 aromatic carbocycles. The summed E-state index contributed by atoms with van der Waals surface area (Å²) in [6.07, 6.45) is 0.808. The molecule has 0 saturated carbocycles. The third-order valence-electron chi connectivity index (χ3n) is 3.85. The Morgan fingerprint density at radius 3 is 1.68 bits per heavy atom. The van der Waals surface area contributed by atoms with Gasteiger partial charge in [-0.3, -0.25) is 4.52 Å². The fraction of sp³-hybridized carbons (Fsp3) is 0.333. The molecule has 0 aromatic heterocycles. The minimum Gasteiger partial charge on any atom is -0.417 e. The third-order valence-corrected chi connectivity index (χ3v) is 4.81. The van der Waals surface area contributed by atoms with Crippen LogP contribution in [0.2, 0.25) is 0 Å². The van der Waals surface area contributed by atoms with Crippen LogP contribution in [0.25, 0.3) is 0 Å². The van der Waals surface area contributed by atoms with Crippen molar-refractivity contribution < 1.29 is 13.6 Å². The first-order chi connectivity index (χ1) is 10.5. The molecule has 1 aliphatic heterocycles. The third kappa shape index (κ3) is 2.84. The molecule has 0 amide bonds. The van der Waals surface area contributed by atoms with Crippen molar-refractivity contribution in [2.45, 2.75) is 34.1 Å². The molecular weight excluding hydrogens is 295 g/mol. The Balaban J connectivity index is 2.19. The van der Waals surface area contributed by atoms with Crippen LogP contribution >= 0.6 is 8.60 Å². The van der Waals surface area contributed by atoms with E-state index >= 15 is 0 Å². The molecule has 0 aliphatic carbocycles. The smallest absolute Gasteiger partial charge is 0.417 e. The van der Waals surface area contributed by atoms with Crippen molar-refractivity contribution >= 4 is 8.60 Å². The lowest BCUT2D eigenvalue weighted by atomic mass is 9.96. The van der Waals surface area contributed by atoms with Crippen molar-refractivity contribution in [1.82, 2.24) is 0 Å². The summed E-state index contributed by atoms with van der Waals surface area (Å²) in [4.78, 5) is 0. The summed E-state index contributed by atoms with van der Waals surface area (Å²) in [7, 11) is 0.187. The van der Waals surface area contributed by atoms with Crippen molar-refractivity contribution in [3.05, 3.63) is 57.6 Å². The van der Waals surface area contributed by atoms with Crippen LogP contribution in [0.15, 0.2) is 24.3 Å². The first-order valence-electron chi connectivity index (χ1n) is 7.38. The van der Waals surface area contributed by atoms with Gasteiger partial charge in [0, 0.05) is 13.5 Å². The second kappa shape index (κ2) is 5.91. The number of fused-ring (bicyclic) bond motifs is 2. The quantitative estimate of drug-likeness (QED) is 0.681. The molecule has 1 aliphatic rings. The Morgan fingerprint density at radius 2 is 1.27 bits per heavy atom. The molecule has 0 saturated heterocycles. The molecule has 0 bridgehead atoms.